The first-order valence-corrected chi connectivity index (χ1v) is 17.3. The van der Waals surface area contributed by atoms with Gasteiger partial charge in [-0.1, -0.05) is 20.8 Å². The second-order valence-electron chi connectivity index (χ2n) is 14.3. The minimum absolute atomic E-state index is 0.0374. The van der Waals surface area contributed by atoms with E-state index in [4.69, 9.17) is 33.0 Å². The maximum atomic E-state index is 12.8. The van der Waals surface area contributed by atoms with E-state index in [1.54, 1.807) is 0 Å². The normalized spacial score (nSPS) is 39.3. The molecular weight excluding hydrogens is 595 g/mol. The molecule has 0 aromatic heterocycles. The fourth-order valence-electron chi connectivity index (χ4n) is 9.96. The summed E-state index contributed by atoms with van der Waals surface area (Å²) in [6.45, 7) is 7.63. The lowest BCUT2D eigenvalue weighted by Crippen LogP contribution is -2.62. The first-order chi connectivity index (χ1) is 20.3. The zero-order chi connectivity index (χ0) is 31.5. The van der Waals surface area contributed by atoms with Gasteiger partial charge >= 0.3 is 11.9 Å². The summed E-state index contributed by atoms with van der Waals surface area (Å²) in [6, 6.07) is 0. The molecule has 0 saturated heterocycles. The summed E-state index contributed by atoms with van der Waals surface area (Å²) in [7, 11) is 0. The number of nitrogens with one attached hydrogen (secondary N) is 1. The number of ether oxygens (including phenoxy) is 1. The van der Waals surface area contributed by atoms with Gasteiger partial charge in [0.1, 0.15) is 12.6 Å². The molecule has 0 aromatic carbocycles. The molecule has 246 valence electrons. The molecule has 4 saturated carbocycles. The van der Waals surface area contributed by atoms with Crippen molar-refractivity contribution >= 4 is 41.0 Å². The number of hydrogen-bond donors (Lipinski definition) is 4. The smallest absolute Gasteiger partial charge is 0.322 e. The second-order valence-corrected chi connectivity index (χ2v) is 15.1. The third-order valence-electron chi connectivity index (χ3n) is 12.2. The van der Waals surface area contributed by atoms with Crippen LogP contribution in [0, 0.1) is 46.3 Å². The number of carbonyl (C=O) groups excluding carboxylic acids is 2. The highest BCUT2D eigenvalue weighted by atomic mass is 35.5. The van der Waals surface area contributed by atoms with Crippen LogP contribution in [-0.4, -0.2) is 94.3 Å². The van der Waals surface area contributed by atoms with Crippen LogP contribution in [0.15, 0.2) is 0 Å². The molecule has 4 N–H and O–H groups in total. The Labute approximate surface area is 266 Å². The van der Waals surface area contributed by atoms with Crippen molar-refractivity contribution in [2.45, 2.75) is 96.9 Å². The number of amides is 1. The Bertz CT molecular complexity index is 997. The summed E-state index contributed by atoms with van der Waals surface area (Å²) >= 11 is 11.8. The Kier molecular flexibility index (Phi) is 11.7. The first kappa shape index (κ1) is 34.7. The summed E-state index contributed by atoms with van der Waals surface area (Å²) in [5, 5.41) is 34.8. The molecule has 11 heteroatoms. The lowest BCUT2D eigenvalue weighted by atomic mass is 9.43. The molecule has 4 aliphatic rings. The summed E-state index contributed by atoms with van der Waals surface area (Å²) in [6.07, 6.45) is 5.42. The molecule has 0 bridgehead atoms. The van der Waals surface area contributed by atoms with E-state index in [-0.39, 0.29) is 83.8 Å². The Morgan fingerprint density at radius 1 is 1.02 bits per heavy atom. The average Bonchev–Trinajstić information content (AvgIpc) is 3.30. The third kappa shape index (κ3) is 7.32. The van der Waals surface area contributed by atoms with Crippen LogP contribution < -0.4 is 5.32 Å². The molecule has 43 heavy (non-hydrogen) atoms. The summed E-state index contributed by atoms with van der Waals surface area (Å²) in [4.78, 5) is 37.6. The fraction of sp³-hybridized carbons (Fsp3) is 0.906. The summed E-state index contributed by atoms with van der Waals surface area (Å²) in [5.41, 5.74) is -0.378. The van der Waals surface area contributed by atoms with Gasteiger partial charge in [-0.3, -0.25) is 19.3 Å². The molecule has 11 atom stereocenters. The van der Waals surface area contributed by atoms with Crippen molar-refractivity contribution in [3.63, 3.8) is 0 Å². The fourth-order valence-corrected chi connectivity index (χ4v) is 10.4. The van der Waals surface area contributed by atoms with Crippen molar-refractivity contribution in [2.24, 2.45) is 46.3 Å². The number of carboxylic acids is 1. The molecule has 4 aliphatic carbocycles. The van der Waals surface area contributed by atoms with Gasteiger partial charge in [-0.15, -0.1) is 23.2 Å². The molecule has 0 aromatic rings. The first-order valence-electron chi connectivity index (χ1n) is 16.2. The van der Waals surface area contributed by atoms with Crippen LogP contribution in [0.25, 0.3) is 0 Å². The Morgan fingerprint density at radius 3 is 2.37 bits per heavy atom. The van der Waals surface area contributed by atoms with Gasteiger partial charge < -0.3 is 25.4 Å². The minimum Gasteiger partial charge on any atom is -0.480 e. The molecular formula is C32H52Cl2N2O7. The number of aliphatic carboxylic acids is 1. The predicted octanol–water partition coefficient (Wildman–Crippen LogP) is 3.90. The molecule has 0 radical (unpaired) electrons. The number of hydrogen-bond acceptors (Lipinski definition) is 7. The summed E-state index contributed by atoms with van der Waals surface area (Å²) in [5.74, 6) is 0.419. The number of halogens is 2. The molecule has 0 aliphatic heterocycles. The van der Waals surface area contributed by atoms with Gasteiger partial charge in [0.15, 0.2) is 0 Å². The van der Waals surface area contributed by atoms with E-state index < -0.39 is 18.2 Å². The van der Waals surface area contributed by atoms with E-state index in [1.165, 1.54) is 0 Å². The maximum absolute atomic E-state index is 12.8. The number of fused-ring (bicyclic) bond motifs is 5. The van der Waals surface area contributed by atoms with Crippen molar-refractivity contribution in [3.05, 3.63) is 0 Å². The number of rotatable bonds is 13. The van der Waals surface area contributed by atoms with Gasteiger partial charge in [0, 0.05) is 31.3 Å². The van der Waals surface area contributed by atoms with Gasteiger partial charge in [0.25, 0.3) is 0 Å². The van der Waals surface area contributed by atoms with E-state index in [1.807, 2.05) is 4.90 Å². The zero-order valence-corrected chi connectivity index (χ0v) is 27.5. The van der Waals surface area contributed by atoms with Crippen LogP contribution >= 0.6 is 23.2 Å². The van der Waals surface area contributed by atoms with Gasteiger partial charge in [0.05, 0.1) is 18.8 Å². The SMILES string of the molecule is C[C@H](CCC(=O)NCC(=O)O)[C@H]1CC[C@H]2[C@@H]3[C@H](O)CC4C[C@H](OC(=O)CN(CCCl)CCCl)CC[C@]4(C)[C@H]3C[C@H](O)[C@]12C. The average molecular weight is 648 g/mol. The third-order valence-corrected chi connectivity index (χ3v) is 12.6. The van der Waals surface area contributed by atoms with E-state index in [9.17, 15) is 24.6 Å². The van der Waals surface area contributed by atoms with Crippen molar-refractivity contribution < 1.29 is 34.4 Å². The van der Waals surface area contributed by atoms with Gasteiger partial charge in [0.2, 0.25) is 5.91 Å². The Hall–Kier alpha value is -1.13. The number of aliphatic hydroxyl groups excluding tert-OH is 2. The number of carbonyl (C=O) groups is 3. The molecule has 4 rings (SSSR count). The van der Waals surface area contributed by atoms with E-state index >= 15 is 0 Å². The van der Waals surface area contributed by atoms with Crippen LogP contribution in [-0.2, 0) is 19.1 Å². The molecule has 1 unspecified atom stereocenters. The van der Waals surface area contributed by atoms with Crippen molar-refractivity contribution in [1.82, 2.24) is 10.2 Å². The lowest BCUT2D eigenvalue weighted by Gasteiger charge is -2.63. The minimum atomic E-state index is -1.06. The monoisotopic (exact) mass is 646 g/mol. The highest BCUT2D eigenvalue weighted by Crippen LogP contribution is 2.68. The van der Waals surface area contributed by atoms with Crippen molar-refractivity contribution in [1.29, 1.82) is 0 Å². The van der Waals surface area contributed by atoms with Crippen LogP contribution in [0.1, 0.15) is 78.6 Å². The molecule has 0 spiro atoms. The second kappa shape index (κ2) is 14.5. The highest BCUT2D eigenvalue weighted by molar-refractivity contribution is 6.18. The van der Waals surface area contributed by atoms with Crippen LogP contribution in [0.5, 0.6) is 0 Å². The van der Waals surface area contributed by atoms with Gasteiger partial charge in [-0.05, 0) is 97.7 Å². The quantitative estimate of drug-likeness (QED) is 0.175. The zero-order valence-electron chi connectivity index (χ0n) is 26.0. The largest absolute Gasteiger partial charge is 0.480 e. The maximum Gasteiger partial charge on any atom is 0.322 e. The van der Waals surface area contributed by atoms with Crippen LogP contribution in [0.2, 0.25) is 0 Å². The molecule has 4 fully saturated rings. The standard InChI is InChI=1S/C32H52Cl2N2O7/c1-19(4-7-27(39)35-17-28(40)41)22-5-6-23-30-24(16-26(38)32(22,23)3)31(2)9-8-21(14-20(31)15-25(30)37)43-29(42)18-36(12-10-33)13-11-34/h19-26,30,37-38H,4-18H2,1-3H3,(H,35,39)(H,40,41)/t19-,20?,21-,22-,23+,24+,25-,26+,30+,31+,32-/m1/s1. The van der Waals surface area contributed by atoms with Crippen molar-refractivity contribution in [3.8, 4) is 0 Å². The van der Waals surface area contributed by atoms with Gasteiger partial charge in [-0.2, -0.15) is 0 Å². The van der Waals surface area contributed by atoms with E-state index in [0.29, 0.717) is 44.1 Å². The molecule has 0 heterocycles. The lowest BCUT2D eigenvalue weighted by molar-refractivity contribution is -0.209. The highest BCUT2D eigenvalue weighted by Gasteiger charge is 2.65. The summed E-state index contributed by atoms with van der Waals surface area (Å²) < 4.78 is 5.94. The van der Waals surface area contributed by atoms with Crippen LogP contribution in [0.4, 0.5) is 0 Å². The number of esters is 1. The number of alkyl halides is 2. The van der Waals surface area contributed by atoms with E-state index in [2.05, 4.69) is 26.1 Å². The Balaban J connectivity index is 1.40. The van der Waals surface area contributed by atoms with Crippen molar-refractivity contribution in [2.75, 3.05) is 37.9 Å². The molecule has 9 nitrogen and oxygen atoms in total. The van der Waals surface area contributed by atoms with E-state index in [0.717, 1.165) is 32.1 Å². The van der Waals surface area contributed by atoms with Gasteiger partial charge in [-0.25, -0.2) is 0 Å². The number of carboxylic acid groups (broad SMARTS) is 1. The van der Waals surface area contributed by atoms with Crippen LogP contribution in [0.3, 0.4) is 0 Å². The number of nitrogens with zero attached hydrogens (tertiary/aromatic N) is 1. The topological polar surface area (TPSA) is 136 Å². The predicted molar refractivity (Wildman–Crippen MR) is 165 cm³/mol. The number of aliphatic hydroxyl groups is 2. The molecule has 1 amide bonds. The Morgan fingerprint density at radius 2 is 1.72 bits per heavy atom.